The molecule has 0 amide bonds. The van der Waals surface area contributed by atoms with Gasteiger partial charge in [-0.25, -0.2) is 4.98 Å². The molecule has 0 unspecified atom stereocenters. The van der Waals surface area contributed by atoms with E-state index < -0.39 is 0 Å². The molecule has 64 valence electrons. The van der Waals surface area contributed by atoms with Crippen molar-refractivity contribution in [1.29, 1.82) is 0 Å². The SMILES string of the molecule is Cc1nc(C)c(C(=S)S)nc1C. The number of aromatic nitrogens is 2. The fraction of sp³-hybridized carbons (Fsp3) is 0.375. The number of hydrogen-bond acceptors (Lipinski definition) is 3. The van der Waals surface area contributed by atoms with E-state index in [1.807, 2.05) is 20.8 Å². The molecule has 0 N–H and O–H groups in total. The van der Waals surface area contributed by atoms with E-state index in [1.54, 1.807) is 0 Å². The molecule has 1 rings (SSSR count). The maximum absolute atomic E-state index is 4.91. The van der Waals surface area contributed by atoms with E-state index in [9.17, 15) is 0 Å². The van der Waals surface area contributed by atoms with Crippen LogP contribution in [0.3, 0.4) is 0 Å². The first-order chi connectivity index (χ1) is 5.52. The average Bonchev–Trinajstić information content (AvgIpc) is 1.96. The molecule has 4 heteroatoms. The van der Waals surface area contributed by atoms with Gasteiger partial charge in [0.1, 0.15) is 5.69 Å². The maximum atomic E-state index is 4.91. The lowest BCUT2D eigenvalue weighted by atomic mass is 10.3. The van der Waals surface area contributed by atoms with Crippen molar-refractivity contribution in [1.82, 2.24) is 9.97 Å². The third-order valence-electron chi connectivity index (χ3n) is 1.68. The topological polar surface area (TPSA) is 25.8 Å². The standard InChI is InChI=1S/C8H10N2S2/c1-4-5(2)10-7(8(11)12)6(3)9-4/h1-3H3,(H,11,12). The summed E-state index contributed by atoms with van der Waals surface area (Å²) in [4.78, 5) is 8.59. The Hall–Kier alpha value is -0.480. The van der Waals surface area contributed by atoms with Gasteiger partial charge < -0.3 is 0 Å². The quantitative estimate of drug-likeness (QED) is 0.552. The minimum absolute atomic E-state index is 0.503. The predicted molar refractivity (Wildman–Crippen MR) is 56.9 cm³/mol. The monoisotopic (exact) mass is 198 g/mol. The van der Waals surface area contributed by atoms with Gasteiger partial charge in [-0.2, -0.15) is 0 Å². The summed E-state index contributed by atoms with van der Waals surface area (Å²) in [5.41, 5.74) is 3.42. The Morgan fingerprint density at radius 1 is 1.08 bits per heavy atom. The molecule has 12 heavy (non-hydrogen) atoms. The van der Waals surface area contributed by atoms with Crippen LogP contribution in [-0.2, 0) is 0 Å². The lowest BCUT2D eigenvalue weighted by Crippen LogP contribution is -2.04. The first-order valence-electron chi connectivity index (χ1n) is 3.57. The van der Waals surface area contributed by atoms with Crippen LogP contribution < -0.4 is 0 Å². The smallest absolute Gasteiger partial charge is 0.109 e. The van der Waals surface area contributed by atoms with Crippen LogP contribution in [0.2, 0.25) is 0 Å². The van der Waals surface area contributed by atoms with Gasteiger partial charge in [-0.15, -0.1) is 12.6 Å². The fourth-order valence-corrected chi connectivity index (χ4v) is 1.32. The summed E-state index contributed by atoms with van der Waals surface area (Å²) in [5, 5.41) is 0. The van der Waals surface area contributed by atoms with E-state index in [-0.39, 0.29) is 0 Å². The van der Waals surface area contributed by atoms with E-state index in [0.717, 1.165) is 22.8 Å². The van der Waals surface area contributed by atoms with Gasteiger partial charge in [0.15, 0.2) is 0 Å². The third-order valence-corrected chi connectivity index (χ3v) is 2.09. The summed E-state index contributed by atoms with van der Waals surface area (Å²) in [6.07, 6.45) is 0. The molecule has 2 nitrogen and oxygen atoms in total. The summed E-state index contributed by atoms with van der Waals surface area (Å²) in [7, 11) is 0. The molecule has 0 saturated carbocycles. The van der Waals surface area contributed by atoms with E-state index in [4.69, 9.17) is 12.2 Å². The van der Waals surface area contributed by atoms with Crippen LogP contribution in [-0.4, -0.2) is 14.2 Å². The molecular weight excluding hydrogens is 188 g/mol. The zero-order chi connectivity index (χ0) is 9.30. The van der Waals surface area contributed by atoms with Crippen LogP contribution in [0.25, 0.3) is 0 Å². The molecule has 1 aromatic heterocycles. The Kier molecular flexibility index (Phi) is 2.80. The summed E-state index contributed by atoms with van der Waals surface area (Å²) < 4.78 is 0.503. The summed E-state index contributed by atoms with van der Waals surface area (Å²) in [5.74, 6) is 0. The highest BCUT2D eigenvalue weighted by Crippen LogP contribution is 2.09. The average molecular weight is 198 g/mol. The number of hydrogen-bond donors (Lipinski definition) is 1. The summed E-state index contributed by atoms with van der Waals surface area (Å²) in [6.45, 7) is 5.73. The van der Waals surface area contributed by atoms with Crippen LogP contribution in [0.4, 0.5) is 0 Å². The Balaban J connectivity index is 3.33. The second-order valence-corrected chi connectivity index (χ2v) is 3.79. The van der Waals surface area contributed by atoms with Gasteiger partial charge in [0, 0.05) is 0 Å². The van der Waals surface area contributed by atoms with Gasteiger partial charge in [0.05, 0.1) is 21.3 Å². The van der Waals surface area contributed by atoms with Gasteiger partial charge in [0.25, 0.3) is 0 Å². The van der Waals surface area contributed by atoms with Crippen molar-refractivity contribution in [2.45, 2.75) is 20.8 Å². The van der Waals surface area contributed by atoms with Crippen molar-refractivity contribution in [2.75, 3.05) is 0 Å². The molecular formula is C8H10N2S2. The zero-order valence-corrected chi connectivity index (χ0v) is 8.96. The zero-order valence-electron chi connectivity index (χ0n) is 7.25. The van der Waals surface area contributed by atoms with Crippen LogP contribution >= 0.6 is 24.8 Å². The highest BCUT2D eigenvalue weighted by molar-refractivity contribution is 8.11. The van der Waals surface area contributed by atoms with Crippen molar-refractivity contribution in [3.63, 3.8) is 0 Å². The highest BCUT2D eigenvalue weighted by atomic mass is 32.1. The summed E-state index contributed by atoms with van der Waals surface area (Å²) >= 11 is 8.98. The molecule has 0 fully saturated rings. The molecule has 0 aliphatic carbocycles. The Labute approximate surface area is 82.8 Å². The van der Waals surface area contributed by atoms with Crippen molar-refractivity contribution >= 4 is 29.0 Å². The first-order valence-corrected chi connectivity index (χ1v) is 4.43. The Bertz CT molecular complexity index is 334. The van der Waals surface area contributed by atoms with Gasteiger partial charge in [-0.3, -0.25) is 4.98 Å². The van der Waals surface area contributed by atoms with E-state index >= 15 is 0 Å². The molecule has 0 bridgehead atoms. The van der Waals surface area contributed by atoms with Crippen molar-refractivity contribution in [2.24, 2.45) is 0 Å². The minimum Gasteiger partial charge on any atom is -0.254 e. The predicted octanol–water partition coefficient (Wildman–Crippen LogP) is 2.01. The van der Waals surface area contributed by atoms with Crippen LogP contribution in [0, 0.1) is 20.8 Å². The lowest BCUT2D eigenvalue weighted by molar-refractivity contribution is 0.995. The largest absolute Gasteiger partial charge is 0.254 e. The molecule has 0 spiro atoms. The van der Waals surface area contributed by atoms with Gasteiger partial charge in [-0.1, -0.05) is 12.2 Å². The molecule has 0 aliphatic heterocycles. The highest BCUT2D eigenvalue weighted by Gasteiger charge is 2.06. The lowest BCUT2D eigenvalue weighted by Gasteiger charge is -2.04. The number of rotatable bonds is 1. The molecule has 0 atom stereocenters. The van der Waals surface area contributed by atoms with Gasteiger partial charge >= 0.3 is 0 Å². The summed E-state index contributed by atoms with van der Waals surface area (Å²) in [6, 6.07) is 0. The van der Waals surface area contributed by atoms with Gasteiger partial charge in [-0.05, 0) is 20.8 Å². The maximum Gasteiger partial charge on any atom is 0.109 e. The van der Waals surface area contributed by atoms with Crippen molar-refractivity contribution in [3.8, 4) is 0 Å². The van der Waals surface area contributed by atoms with Gasteiger partial charge in [0.2, 0.25) is 0 Å². The van der Waals surface area contributed by atoms with Crippen LogP contribution in [0.5, 0.6) is 0 Å². The third kappa shape index (κ3) is 1.81. The second kappa shape index (κ2) is 3.49. The van der Waals surface area contributed by atoms with Crippen molar-refractivity contribution < 1.29 is 0 Å². The minimum atomic E-state index is 0.503. The second-order valence-electron chi connectivity index (χ2n) is 2.63. The normalized spacial score (nSPS) is 10.0. The van der Waals surface area contributed by atoms with Crippen molar-refractivity contribution in [3.05, 3.63) is 22.8 Å². The molecule has 0 aliphatic rings. The number of thiocarbonyl (C=S) groups is 1. The first kappa shape index (κ1) is 9.61. The van der Waals surface area contributed by atoms with E-state index in [1.165, 1.54) is 0 Å². The Morgan fingerprint density at radius 3 is 2.08 bits per heavy atom. The fourth-order valence-electron chi connectivity index (χ4n) is 0.917. The van der Waals surface area contributed by atoms with Crippen LogP contribution in [0.15, 0.2) is 0 Å². The number of nitrogens with zero attached hydrogens (tertiary/aromatic N) is 2. The molecule has 0 radical (unpaired) electrons. The molecule has 0 aromatic carbocycles. The van der Waals surface area contributed by atoms with E-state index in [2.05, 4.69) is 22.6 Å². The Morgan fingerprint density at radius 2 is 1.58 bits per heavy atom. The van der Waals surface area contributed by atoms with Crippen LogP contribution in [0.1, 0.15) is 22.8 Å². The molecule has 1 heterocycles. The number of thiol groups is 1. The van der Waals surface area contributed by atoms with E-state index in [0.29, 0.717) is 4.20 Å². The molecule has 1 aromatic rings. The number of aryl methyl sites for hydroxylation is 3. The molecule has 0 saturated heterocycles.